The van der Waals surface area contributed by atoms with Crippen molar-refractivity contribution >= 4 is 211 Å². The van der Waals surface area contributed by atoms with Crippen molar-refractivity contribution in [2.75, 3.05) is 32.7 Å². The van der Waals surface area contributed by atoms with Crippen molar-refractivity contribution in [2.45, 2.75) is 20.8 Å². The van der Waals surface area contributed by atoms with Crippen molar-refractivity contribution in [3.05, 3.63) is 400 Å². The quantitative estimate of drug-likeness (QED) is 0.0377. The summed E-state index contributed by atoms with van der Waals surface area (Å²) < 4.78 is 4.25. The van der Waals surface area contributed by atoms with Crippen LogP contribution < -0.4 is 32.7 Å². The van der Waals surface area contributed by atoms with Crippen molar-refractivity contribution in [1.29, 1.82) is 0 Å². The average Bonchev–Trinajstić information content (AvgIpc) is 1.73. The van der Waals surface area contributed by atoms with E-state index >= 15 is 0 Å². The maximum atomic E-state index is 5.77. The normalized spacial score (nSPS) is 10.5. The second-order valence-corrected chi connectivity index (χ2v) is 34.1. The Balaban J connectivity index is 0.000000118. The summed E-state index contributed by atoms with van der Waals surface area (Å²) >= 11 is 25.0. The van der Waals surface area contributed by atoms with Crippen LogP contribution in [0.5, 0.6) is 0 Å². The number of aromatic amines is 6. The van der Waals surface area contributed by atoms with Crippen LogP contribution in [-0.4, -0.2) is 135 Å². The summed E-state index contributed by atoms with van der Waals surface area (Å²) in [5, 5.41) is 19.5. The molecule has 33 nitrogen and oxygen atoms in total. The van der Waals surface area contributed by atoms with Crippen LogP contribution in [0.2, 0.25) is 10.6 Å². The van der Waals surface area contributed by atoms with Crippen molar-refractivity contribution in [1.82, 2.24) is 135 Å². The molecule has 0 radical (unpaired) electrons. The average molecular weight is 2160 g/mol. The summed E-state index contributed by atoms with van der Waals surface area (Å²) in [7, 11) is 0. The minimum atomic E-state index is 0.248. The number of halogens is 6. The van der Waals surface area contributed by atoms with E-state index in [-0.39, 0.29) is 5.28 Å². The zero-order valence-corrected chi connectivity index (χ0v) is 82.7. The Bertz CT molecular complexity index is 7870. The molecule has 24 rings (SSSR count). The summed E-state index contributed by atoms with van der Waals surface area (Å²) in [5.41, 5.74) is 32.1. The number of hydrogen-bond donors (Lipinski definition) is 12. The molecule has 39 heteroatoms. The van der Waals surface area contributed by atoms with E-state index in [1.165, 1.54) is 16.7 Å². The zero-order chi connectivity index (χ0) is 97.6. The number of aryl methyl sites for hydroxylation is 3. The van der Waals surface area contributed by atoms with Gasteiger partial charge in [0, 0.05) is 238 Å². The fourth-order valence-corrected chi connectivity index (χ4v) is 15.4. The molecule has 0 aliphatic rings. The minimum absolute atomic E-state index is 0.248. The maximum Gasteiger partial charge on any atom is 0.228 e. The maximum absolute atomic E-state index is 5.77. The number of benzene rings is 3. The Hall–Kier alpha value is -17.0. The summed E-state index contributed by atoms with van der Waals surface area (Å²) in [5.74, 6) is 3.56. The molecule has 14 N–H and O–H groups in total. The van der Waals surface area contributed by atoms with Gasteiger partial charge in [-0.05, 0) is 259 Å². The second-order valence-electron chi connectivity index (χ2n) is 30.0. The first kappa shape index (κ1) is 97.1. The van der Waals surface area contributed by atoms with Gasteiger partial charge in [0.05, 0.1) is 34.2 Å². The number of anilines is 10. The first-order valence-electron chi connectivity index (χ1n) is 42.9. The van der Waals surface area contributed by atoms with Gasteiger partial charge in [0.15, 0.2) is 0 Å². The lowest BCUT2D eigenvalue weighted by molar-refractivity contribution is 1.15. The smallest absolute Gasteiger partial charge is 0.228 e. The minimum Gasteiger partial charge on any atom is -0.399 e. The van der Waals surface area contributed by atoms with Crippen LogP contribution in [0.4, 0.5) is 58.2 Å². The predicted octanol–water partition coefficient (Wildman–Crippen LogP) is 25.1. The molecule has 0 aliphatic heterocycles. The second kappa shape index (κ2) is 48.2. The van der Waals surface area contributed by atoms with Crippen LogP contribution >= 0.6 is 86.9 Å². The summed E-state index contributed by atoms with van der Waals surface area (Å²) in [4.78, 5) is 107. The highest BCUT2D eigenvalue weighted by Gasteiger charge is 2.16. The molecule has 0 saturated heterocycles. The molecule has 24 aromatic rings. The first-order chi connectivity index (χ1) is 68.9. The van der Waals surface area contributed by atoms with Gasteiger partial charge in [0.2, 0.25) is 34.4 Å². The van der Waals surface area contributed by atoms with Gasteiger partial charge in [-0.15, -0.1) is 0 Å². The molecule has 21 heterocycles. The Morgan fingerprint density at radius 1 is 0.248 bits per heavy atom. The highest BCUT2D eigenvalue weighted by atomic mass is 79.9. The number of nitrogens with two attached hydrogens (primary N) is 2. The third kappa shape index (κ3) is 26.7. The molecule has 3 aromatic carbocycles. The molecule has 0 bridgehead atoms. The van der Waals surface area contributed by atoms with Crippen LogP contribution in [0.1, 0.15) is 16.7 Å². The van der Waals surface area contributed by atoms with E-state index in [2.05, 4.69) is 233 Å². The first-order valence-corrected chi connectivity index (χ1v) is 46.9. The van der Waals surface area contributed by atoms with E-state index in [9.17, 15) is 0 Å². The van der Waals surface area contributed by atoms with Gasteiger partial charge in [0.1, 0.15) is 45.5 Å². The molecule has 0 atom stereocenters. The molecule has 0 spiro atoms. The van der Waals surface area contributed by atoms with E-state index in [4.69, 9.17) is 34.7 Å². The zero-order valence-electron chi connectivity index (χ0n) is 74.8. The number of rotatable bonds is 13. The highest BCUT2D eigenvalue weighted by Crippen LogP contribution is 2.34. The number of nitrogens with one attached hydrogen (secondary N) is 10. The molecule has 0 amide bonds. The molecule has 0 aliphatic carbocycles. The van der Waals surface area contributed by atoms with Gasteiger partial charge >= 0.3 is 0 Å². The van der Waals surface area contributed by atoms with Gasteiger partial charge in [-0.2, -0.15) is 0 Å². The molecular weight excluding hydrogens is 2080 g/mol. The van der Waals surface area contributed by atoms with Crippen LogP contribution in [0.15, 0.2) is 373 Å². The number of H-pyrrole nitrogens is 6. The monoisotopic (exact) mass is 2150 g/mol. The number of aromatic nitrogens is 27. The van der Waals surface area contributed by atoms with E-state index in [0.717, 1.165) is 157 Å². The van der Waals surface area contributed by atoms with Crippen LogP contribution in [0.3, 0.4) is 0 Å². The van der Waals surface area contributed by atoms with Gasteiger partial charge in [0.25, 0.3) is 0 Å². The SMILES string of the molecule is Brc1ccnc2[nH]ccc12.Cc1ccc(N)cc1Br.Cc1ccc(Nc2nccc(-c3ccnc4[nH]ccc34)n2)cc1Br.Cc1ccc(Nc2nccc(-c3ccnc4[nH]ccc34)n2)cc1Br.Clc1nccc(-c2ccnc3[nH]ccc23)n1.Clc1ncccn1.Nc1cccnc1.c1ccc(Nc2nccc(-c3ccnc4[nH]ccc34)n2)nc1.c1ccc(Nc2nccc(-c3ccnc4[nH]ccc34)n2)nc1. The third-order valence-corrected chi connectivity index (χ3v) is 24.0. The summed E-state index contributed by atoms with van der Waals surface area (Å²) in [6.45, 7) is 6.14. The molecule has 0 fully saturated rings. The largest absolute Gasteiger partial charge is 0.399 e. The van der Waals surface area contributed by atoms with Crippen molar-refractivity contribution in [2.24, 2.45) is 0 Å². The Morgan fingerprint density at radius 3 is 0.872 bits per heavy atom. The van der Waals surface area contributed by atoms with Gasteiger partial charge in [-0.3, -0.25) is 4.98 Å². The topological polar surface area (TPSA) is 466 Å². The molecule has 696 valence electrons. The molecule has 0 saturated carbocycles. The van der Waals surface area contributed by atoms with E-state index in [1.807, 2.05) is 238 Å². The lowest BCUT2D eigenvalue weighted by Gasteiger charge is -2.08. The van der Waals surface area contributed by atoms with Gasteiger partial charge < -0.3 is 62.6 Å². The van der Waals surface area contributed by atoms with E-state index in [1.54, 1.807) is 124 Å². The number of hydrogen-bond acceptors (Lipinski definition) is 27. The Labute approximate surface area is 848 Å². The number of nitrogen functional groups attached to an aromatic ring is 2. The van der Waals surface area contributed by atoms with Crippen molar-refractivity contribution < 1.29 is 0 Å². The van der Waals surface area contributed by atoms with Crippen LogP contribution in [-0.2, 0) is 0 Å². The fraction of sp³-hybridized carbons (Fsp3) is 0.0294. The lowest BCUT2D eigenvalue weighted by atomic mass is 10.1. The fourth-order valence-electron chi connectivity index (χ4n) is 13.6. The molecule has 21 aromatic heterocycles. The van der Waals surface area contributed by atoms with Crippen LogP contribution in [0.25, 0.3) is 122 Å². The van der Waals surface area contributed by atoms with Crippen molar-refractivity contribution in [3.8, 4) is 56.3 Å². The highest BCUT2D eigenvalue weighted by molar-refractivity contribution is 9.11. The van der Waals surface area contributed by atoms with E-state index < -0.39 is 0 Å². The van der Waals surface area contributed by atoms with E-state index in [0.29, 0.717) is 46.4 Å². The Morgan fingerprint density at radius 2 is 0.567 bits per heavy atom. The molecular formula is C102H81Br4Cl2N33. The van der Waals surface area contributed by atoms with Crippen LogP contribution in [0, 0.1) is 20.8 Å². The van der Waals surface area contributed by atoms with Crippen molar-refractivity contribution in [3.63, 3.8) is 0 Å². The van der Waals surface area contributed by atoms with Gasteiger partial charge in [-0.25, -0.2) is 99.7 Å². The lowest BCUT2D eigenvalue weighted by Crippen LogP contribution is -1.99. The third-order valence-electron chi connectivity index (χ3n) is 20.4. The number of fused-ring (bicyclic) bond motifs is 6. The summed E-state index contributed by atoms with van der Waals surface area (Å²) in [6.07, 6.45) is 40.4. The number of pyridine rings is 9. The van der Waals surface area contributed by atoms with Gasteiger partial charge in [-0.1, -0.05) is 78.1 Å². The molecule has 0 unspecified atom stereocenters. The predicted molar refractivity (Wildman–Crippen MR) is 573 cm³/mol. The summed E-state index contributed by atoms with van der Waals surface area (Å²) in [6, 6.07) is 67.5. The standard InChI is InChI=1S/2C18H14BrN5.2C16H12N6.C11H7ClN4.C7H5BrN2.C7H8BrN.C5H6N2.C4H3ClN2/c2*1-11-2-3-12(10-15(11)19)23-18-22-9-6-16(24-18)13-4-7-20-17-14(13)5-8-21-17;2*1-2-7-17-14(3-1)22-16-20-10-6-13(21-16)11-4-8-18-15-12(11)5-9-19-15;12-11-15-6-3-9(16-11)7-1-4-13-10-8(7)2-5-14-10;8-6-2-4-10-7-5(6)1-3-9-7;1-5-2-3-6(9)4-7(5)8;6-5-2-1-3-7-4-5;5-4-6-2-1-3-7-4/h2*2-10H,1H3,(H,20,21)(H,22,23,24);2*1-10H,(H,18,19)(H,17,20,21,22);1-6H,(H,13,14);1-4H,(H,9,10);2-4H,9H2,1H3;1-4H,6H2;1-3H. The molecule has 141 heavy (non-hydrogen) atoms. The Kier molecular flexibility index (Phi) is 33.2. The number of nitrogens with zero attached hydrogens (tertiary/aromatic N) is 21.